The van der Waals surface area contributed by atoms with Gasteiger partial charge in [0.1, 0.15) is 65.9 Å². The number of aliphatic carboxylic acids is 2. The zero-order valence-corrected chi connectivity index (χ0v) is 50.4. The van der Waals surface area contributed by atoms with E-state index < -0.39 is 44.3 Å². The highest BCUT2D eigenvalue weighted by molar-refractivity contribution is 7.98. The number of aromatic nitrogens is 4. The number of hydrazone groups is 2. The van der Waals surface area contributed by atoms with Crippen LogP contribution >= 0.6 is 35.0 Å². The molecule has 5 heterocycles. The summed E-state index contributed by atoms with van der Waals surface area (Å²) >= 11 is 14.9. The zero-order valence-electron chi connectivity index (χ0n) is 46.4. The number of quaternary nitrogens is 2. The summed E-state index contributed by atoms with van der Waals surface area (Å²) in [5, 5.41) is 29.7. The minimum Gasteiger partial charge on any atom is -0.542 e. The number of hydrogen-bond donors (Lipinski definition) is 2. The first kappa shape index (κ1) is 65.5. The molecule has 0 saturated carbocycles. The van der Waals surface area contributed by atoms with Gasteiger partial charge in [0.15, 0.2) is 5.16 Å². The van der Waals surface area contributed by atoms with Crippen LogP contribution in [0.3, 0.4) is 0 Å². The van der Waals surface area contributed by atoms with Crippen LogP contribution in [-0.2, 0) is 29.6 Å². The number of anilines is 4. The number of rotatable bonds is 13. The van der Waals surface area contributed by atoms with E-state index in [0.717, 1.165) is 110 Å². The highest BCUT2D eigenvalue weighted by Gasteiger charge is 2.46. The number of piperazine rings is 3. The van der Waals surface area contributed by atoms with Crippen molar-refractivity contribution in [2.45, 2.75) is 34.2 Å². The molecule has 22 nitrogen and oxygen atoms in total. The molecule has 0 amide bonds. The van der Waals surface area contributed by atoms with Gasteiger partial charge in [0.05, 0.1) is 85.7 Å². The maximum Gasteiger partial charge on any atom is 0.430 e. The standard InChI is InChI=1S/C48H58Cl2N14O4S3.2C2HF3O2/c1-33-53-44(49)38(31-51-57-70(65,66)42-17-9-11-34-36(42)13-7-15-40(34)59(2)3)46(54-33)61-19-23-63(24-20-61)27-29-64(30-28-63)25-21-62(22-26-64)47-39(45(50)55-48(56-47)69-6)32-52-58-71(67,68)43-18-10-12-35-37(43)14-8-16-41(35)60(4)5;2*3-2(4,5)1(6)7/h7-18,31-32,57-58H,19-30H2,1-6H3;2*(H,6,7)/q+2;;/p-2. The number of aryl methyl sites for hydroxylation is 1. The van der Waals surface area contributed by atoms with E-state index in [0.29, 0.717) is 44.5 Å². The Balaban J connectivity index is 0.000000659. The average molecular weight is 1290 g/mol. The first-order valence-electron chi connectivity index (χ1n) is 25.7. The number of nitrogens with zero attached hydrogens (tertiary/aromatic N) is 12. The van der Waals surface area contributed by atoms with Crippen LogP contribution in [-0.4, -0.2) is 195 Å². The first-order valence-corrected chi connectivity index (χ1v) is 30.7. The second-order valence-electron chi connectivity index (χ2n) is 20.3. The van der Waals surface area contributed by atoms with Gasteiger partial charge in [0.25, 0.3) is 20.0 Å². The monoisotopic (exact) mass is 1290 g/mol. The summed E-state index contributed by atoms with van der Waals surface area (Å²) in [6.45, 7) is 12.6. The van der Waals surface area contributed by atoms with Crippen molar-refractivity contribution in [2.24, 2.45) is 10.2 Å². The second-order valence-corrected chi connectivity index (χ2v) is 25.1. The highest BCUT2D eigenvalue weighted by atomic mass is 35.5. The lowest BCUT2D eigenvalue weighted by atomic mass is 10.1. The number of alkyl halides is 6. The largest absolute Gasteiger partial charge is 0.542 e. The number of thioether (sulfide) groups is 1. The smallest absolute Gasteiger partial charge is 0.430 e. The molecule has 2 spiro atoms. The van der Waals surface area contributed by atoms with Crippen LogP contribution in [0, 0.1) is 6.92 Å². The van der Waals surface area contributed by atoms with Crippen molar-refractivity contribution in [2.75, 3.05) is 133 Å². The first-order chi connectivity index (χ1) is 39.8. The van der Waals surface area contributed by atoms with E-state index in [1.165, 1.54) is 24.2 Å². The minimum absolute atomic E-state index is 0.122. The van der Waals surface area contributed by atoms with Crippen molar-refractivity contribution in [3.63, 3.8) is 0 Å². The molecule has 2 N–H and O–H groups in total. The number of halogens is 8. The molecule has 0 aliphatic carbocycles. The van der Waals surface area contributed by atoms with Crippen molar-refractivity contribution < 1.29 is 71.9 Å². The fourth-order valence-corrected chi connectivity index (χ4v) is 13.0. The van der Waals surface area contributed by atoms with Crippen LogP contribution in [0.15, 0.2) is 97.9 Å². The number of sulfonamides is 2. The molecule has 3 saturated heterocycles. The summed E-state index contributed by atoms with van der Waals surface area (Å²) in [6, 6.07) is 21.6. The third kappa shape index (κ3) is 15.5. The van der Waals surface area contributed by atoms with Gasteiger partial charge < -0.3 is 48.4 Å². The molecule has 0 radical (unpaired) electrons. The fraction of sp³-hybridized carbons (Fsp3) is 0.385. The predicted molar refractivity (Wildman–Crippen MR) is 309 cm³/mol. The summed E-state index contributed by atoms with van der Waals surface area (Å²) in [5.41, 5.74) is 2.71. The molecule has 458 valence electrons. The van der Waals surface area contributed by atoms with Crippen LogP contribution < -0.4 is 39.5 Å². The Hall–Kier alpha value is -7.03. The van der Waals surface area contributed by atoms with Crippen LogP contribution in [0.2, 0.25) is 10.3 Å². The Labute approximate surface area is 500 Å². The predicted octanol–water partition coefficient (Wildman–Crippen LogP) is 4.25. The van der Waals surface area contributed by atoms with E-state index in [1.54, 1.807) is 43.3 Å². The number of nitrogens with one attached hydrogen (secondary N) is 2. The van der Waals surface area contributed by atoms with Gasteiger partial charge in [0.2, 0.25) is 0 Å². The van der Waals surface area contributed by atoms with E-state index in [-0.39, 0.29) is 20.1 Å². The van der Waals surface area contributed by atoms with E-state index in [1.807, 2.05) is 80.6 Å². The Morgan fingerprint density at radius 3 is 1.28 bits per heavy atom. The molecule has 33 heteroatoms. The molecule has 0 unspecified atom stereocenters. The van der Waals surface area contributed by atoms with Crippen molar-refractivity contribution >= 4 is 124 Å². The molecular weight excluding hydrogens is 1230 g/mol. The van der Waals surface area contributed by atoms with Gasteiger partial charge in [-0.2, -0.15) is 53.4 Å². The van der Waals surface area contributed by atoms with E-state index in [2.05, 4.69) is 39.6 Å². The van der Waals surface area contributed by atoms with Gasteiger partial charge in [-0.15, -0.1) is 0 Å². The number of carboxylic acids is 2. The van der Waals surface area contributed by atoms with Crippen molar-refractivity contribution in [1.29, 1.82) is 0 Å². The third-order valence-corrected chi connectivity index (χ3v) is 18.2. The lowest BCUT2D eigenvalue weighted by molar-refractivity contribution is -1.03. The minimum atomic E-state index is -5.19. The molecule has 3 aliphatic rings. The molecule has 0 atom stereocenters. The number of fused-ring (bicyclic) bond motifs is 2. The topological polar surface area (TPSA) is 262 Å². The maximum absolute atomic E-state index is 13.7. The Kier molecular flexibility index (Phi) is 20.3. The molecule has 85 heavy (non-hydrogen) atoms. The van der Waals surface area contributed by atoms with Gasteiger partial charge >= 0.3 is 12.4 Å². The number of benzene rings is 4. The zero-order chi connectivity index (χ0) is 62.5. The van der Waals surface area contributed by atoms with Gasteiger partial charge in [-0.1, -0.05) is 83.5 Å². The Morgan fingerprint density at radius 1 is 0.588 bits per heavy atom. The second kappa shape index (κ2) is 26.3. The summed E-state index contributed by atoms with van der Waals surface area (Å²) in [4.78, 5) is 49.5. The molecule has 3 aliphatic heterocycles. The van der Waals surface area contributed by atoms with Crippen LogP contribution in [0.4, 0.5) is 49.4 Å². The quantitative estimate of drug-likeness (QED) is 0.0311. The Morgan fingerprint density at radius 2 is 0.929 bits per heavy atom. The van der Waals surface area contributed by atoms with Crippen LogP contribution in [0.5, 0.6) is 0 Å². The normalized spacial score (nSPS) is 16.3. The number of hydrogen-bond acceptors (Lipinski definition) is 19. The summed E-state index contributed by atoms with van der Waals surface area (Å²) in [5.74, 6) is -4.25. The lowest BCUT2D eigenvalue weighted by Crippen LogP contribution is -2.73. The van der Waals surface area contributed by atoms with Crippen LogP contribution in [0.1, 0.15) is 17.0 Å². The van der Waals surface area contributed by atoms with Crippen molar-refractivity contribution in [1.82, 2.24) is 29.6 Å². The van der Waals surface area contributed by atoms with E-state index in [4.69, 9.17) is 53.0 Å². The number of carboxylic acid groups (broad SMARTS) is 2. The van der Waals surface area contributed by atoms with Crippen molar-refractivity contribution in [3.8, 4) is 0 Å². The van der Waals surface area contributed by atoms with Crippen molar-refractivity contribution in [3.05, 3.63) is 100 Å². The van der Waals surface area contributed by atoms with Gasteiger partial charge in [0, 0.05) is 61.1 Å². The fourth-order valence-electron chi connectivity index (χ4n) is 10.1. The SMILES string of the molecule is CSc1nc(Cl)c(C=NNS(=O)(=O)c2cccc3c(N(C)C)cccc23)c(N2CC[N+]3(CC2)CC[N+]2(CCN(c4nc(C)nc(Cl)c4C=NNS(=O)(=O)c4cccc5c(N(C)C)cccc45)CC2)CC3)n1.O=C([O-])C(F)(F)F.O=C([O-])C(F)(F)F. The molecule has 6 aromatic rings. The van der Waals surface area contributed by atoms with Gasteiger partial charge in [-0.25, -0.2) is 29.6 Å². The highest BCUT2D eigenvalue weighted by Crippen LogP contribution is 2.34. The molecule has 0 bridgehead atoms. The summed E-state index contributed by atoms with van der Waals surface area (Å²) < 4.78 is 120. The molecular formula is C52H58Cl2F6N14O8S3. The Bertz CT molecular complexity index is 3720. The van der Waals surface area contributed by atoms with E-state index in [9.17, 15) is 43.2 Å². The lowest BCUT2D eigenvalue weighted by Gasteiger charge is -2.54. The molecule has 9 rings (SSSR count). The summed E-state index contributed by atoms with van der Waals surface area (Å²) in [6.07, 6.45) is -5.68. The van der Waals surface area contributed by atoms with E-state index >= 15 is 0 Å². The average Bonchev–Trinajstić information content (AvgIpc) is 1.77. The molecule has 3 fully saturated rings. The maximum atomic E-state index is 13.7. The number of carbonyl (C=O) groups excluding carboxylic acids is 2. The number of carbonyl (C=O) groups is 2. The molecule has 2 aromatic heterocycles. The van der Waals surface area contributed by atoms with Crippen LogP contribution in [0.25, 0.3) is 21.5 Å². The molecule has 4 aromatic carbocycles. The van der Waals surface area contributed by atoms with Gasteiger partial charge in [-0.3, -0.25) is 0 Å². The summed E-state index contributed by atoms with van der Waals surface area (Å²) in [7, 11) is -0.418. The third-order valence-electron chi connectivity index (χ3n) is 14.6. The van der Waals surface area contributed by atoms with Gasteiger partial charge in [-0.05, 0) is 37.4 Å².